The van der Waals surface area contributed by atoms with Crippen LogP contribution < -0.4 is 0 Å². The fourth-order valence-electron chi connectivity index (χ4n) is 2.18. The van der Waals surface area contributed by atoms with Gasteiger partial charge in [-0.25, -0.2) is 0 Å². The van der Waals surface area contributed by atoms with E-state index in [1.165, 1.54) is 0 Å². The van der Waals surface area contributed by atoms with E-state index >= 15 is 0 Å². The van der Waals surface area contributed by atoms with E-state index < -0.39 is 0 Å². The Morgan fingerprint density at radius 2 is 1.72 bits per heavy atom. The number of aliphatic hydroxyl groups is 1. The van der Waals surface area contributed by atoms with Crippen molar-refractivity contribution in [2.45, 2.75) is 33.3 Å². The van der Waals surface area contributed by atoms with Crippen LogP contribution in [0.2, 0.25) is 0 Å². The number of hydrogen-bond acceptors (Lipinski definition) is 4. The average molecular weight is 258 g/mol. The van der Waals surface area contributed by atoms with Gasteiger partial charge in [0.25, 0.3) is 0 Å². The van der Waals surface area contributed by atoms with Gasteiger partial charge in [-0.2, -0.15) is 0 Å². The maximum Gasteiger partial charge on any atom is 0.0900 e. The molecular weight excluding hydrogens is 228 g/mol. The number of nitrogens with zero attached hydrogens (tertiary/aromatic N) is 2. The summed E-state index contributed by atoms with van der Waals surface area (Å²) in [5.41, 5.74) is 0. The minimum Gasteiger partial charge on any atom is -0.389 e. The standard InChI is InChI=1S/C14H30N2O2/c1-4-15-6-8-16(9-7-15)11-14(17)12-18-10-5-13(2)3/h13-14,17H,4-12H2,1-3H3. The molecule has 0 radical (unpaired) electrons. The van der Waals surface area contributed by atoms with Gasteiger partial charge < -0.3 is 14.7 Å². The Balaban J connectivity index is 2.04. The van der Waals surface area contributed by atoms with Crippen molar-refractivity contribution in [1.29, 1.82) is 0 Å². The maximum absolute atomic E-state index is 9.91. The van der Waals surface area contributed by atoms with E-state index in [0.29, 0.717) is 12.5 Å². The zero-order valence-corrected chi connectivity index (χ0v) is 12.3. The fraction of sp³-hybridized carbons (Fsp3) is 1.00. The van der Waals surface area contributed by atoms with Crippen LogP contribution >= 0.6 is 0 Å². The molecule has 0 aromatic heterocycles. The normalized spacial score (nSPS) is 20.5. The van der Waals surface area contributed by atoms with Crippen LogP contribution in [0.1, 0.15) is 27.2 Å². The first-order chi connectivity index (χ1) is 8.61. The van der Waals surface area contributed by atoms with Crippen LogP contribution in [0.15, 0.2) is 0 Å². The Kier molecular flexibility index (Phi) is 7.82. The van der Waals surface area contributed by atoms with Crippen molar-refractivity contribution in [1.82, 2.24) is 9.80 Å². The number of piperazine rings is 1. The molecule has 0 aliphatic carbocycles. The summed E-state index contributed by atoms with van der Waals surface area (Å²) in [5.74, 6) is 0.671. The van der Waals surface area contributed by atoms with E-state index in [1.54, 1.807) is 0 Å². The molecule has 4 nitrogen and oxygen atoms in total. The van der Waals surface area contributed by atoms with Gasteiger partial charge in [-0.15, -0.1) is 0 Å². The topological polar surface area (TPSA) is 35.9 Å². The molecule has 1 aliphatic rings. The van der Waals surface area contributed by atoms with Crippen LogP contribution in [0, 0.1) is 5.92 Å². The predicted octanol–water partition coefficient (Wildman–Crippen LogP) is 1.05. The highest BCUT2D eigenvalue weighted by atomic mass is 16.5. The maximum atomic E-state index is 9.91. The Bertz CT molecular complexity index is 204. The number of aliphatic hydroxyl groups excluding tert-OH is 1. The van der Waals surface area contributed by atoms with Gasteiger partial charge in [0.1, 0.15) is 0 Å². The van der Waals surface area contributed by atoms with E-state index in [0.717, 1.165) is 52.3 Å². The van der Waals surface area contributed by atoms with E-state index in [1.807, 2.05) is 0 Å². The molecule has 0 aromatic carbocycles. The number of hydrogen-bond donors (Lipinski definition) is 1. The highest BCUT2D eigenvalue weighted by molar-refractivity contribution is 4.73. The predicted molar refractivity (Wildman–Crippen MR) is 74.8 cm³/mol. The number of ether oxygens (including phenoxy) is 1. The van der Waals surface area contributed by atoms with Crippen molar-refractivity contribution in [3.05, 3.63) is 0 Å². The zero-order chi connectivity index (χ0) is 13.4. The van der Waals surface area contributed by atoms with Crippen molar-refractivity contribution in [3.8, 4) is 0 Å². The van der Waals surface area contributed by atoms with E-state index in [2.05, 4.69) is 30.6 Å². The second kappa shape index (κ2) is 8.86. The average Bonchev–Trinajstić information content (AvgIpc) is 2.35. The summed E-state index contributed by atoms with van der Waals surface area (Å²) in [5, 5.41) is 9.91. The summed E-state index contributed by atoms with van der Waals surface area (Å²) in [4.78, 5) is 4.78. The van der Waals surface area contributed by atoms with Gasteiger partial charge in [0.2, 0.25) is 0 Å². The summed E-state index contributed by atoms with van der Waals surface area (Å²) < 4.78 is 5.50. The van der Waals surface area contributed by atoms with E-state index in [-0.39, 0.29) is 6.10 Å². The zero-order valence-electron chi connectivity index (χ0n) is 12.3. The van der Waals surface area contributed by atoms with E-state index in [4.69, 9.17) is 4.74 Å². The monoisotopic (exact) mass is 258 g/mol. The molecule has 108 valence electrons. The van der Waals surface area contributed by atoms with Crippen molar-refractivity contribution < 1.29 is 9.84 Å². The highest BCUT2D eigenvalue weighted by Crippen LogP contribution is 2.03. The van der Waals surface area contributed by atoms with Crippen molar-refractivity contribution in [2.75, 3.05) is 52.5 Å². The summed E-state index contributed by atoms with van der Waals surface area (Å²) in [7, 11) is 0. The molecule has 1 rings (SSSR count). The van der Waals surface area contributed by atoms with Gasteiger partial charge >= 0.3 is 0 Å². The smallest absolute Gasteiger partial charge is 0.0900 e. The molecule has 0 saturated carbocycles. The van der Waals surface area contributed by atoms with Gasteiger partial charge in [-0.1, -0.05) is 20.8 Å². The Morgan fingerprint density at radius 3 is 2.28 bits per heavy atom. The molecule has 0 bridgehead atoms. The van der Waals surface area contributed by atoms with Crippen molar-refractivity contribution in [3.63, 3.8) is 0 Å². The lowest BCUT2D eigenvalue weighted by molar-refractivity contribution is 0.00504. The van der Waals surface area contributed by atoms with Gasteiger partial charge in [0, 0.05) is 39.3 Å². The third kappa shape index (κ3) is 6.69. The van der Waals surface area contributed by atoms with Crippen molar-refractivity contribution in [2.24, 2.45) is 5.92 Å². The molecule has 1 saturated heterocycles. The molecular formula is C14H30N2O2. The molecule has 1 aliphatic heterocycles. The van der Waals surface area contributed by atoms with Gasteiger partial charge in [0.15, 0.2) is 0 Å². The van der Waals surface area contributed by atoms with Gasteiger partial charge in [-0.3, -0.25) is 4.90 Å². The minimum atomic E-state index is -0.342. The molecule has 1 fully saturated rings. The second-order valence-corrected chi connectivity index (χ2v) is 5.65. The summed E-state index contributed by atoms with van der Waals surface area (Å²) in [6.07, 6.45) is 0.729. The number of likely N-dealkylation sites (N-methyl/N-ethyl adjacent to an activating group) is 1. The van der Waals surface area contributed by atoms with Crippen LogP contribution in [0.3, 0.4) is 0 Å². The largest absolute Gasteiger partial charge is 0.389 e. The second-order valence-electron chi connectivity index (χ2n) is 5.65. The third-order valence-corrected chi connectivity index (χ3v) is 3.53. The molecule has 1 atom stereocenters. The van der Waals surface area contributed by atoms with Gasteiger partial charge in [0.05, 0.1) is 12.7 Å². The minimum absolute atomic E-state index is 0.342. The summed E-state index contributed by atoms with van der Waals surface area (Å²) in [6.45, 7) is 14.1. The molecule has 0 amide bonds. The van der Waals surface area contributed by atoms with Crippen LogP contribution in [-0.4, -0.2) is 73.5 Å². The number of β-amino-alcohol motifs (C(OH)–C–C–N with tert-alkyl or cyclic N) is 1. The fourth-order valence-corrected chi connectivity index (χ4v) is 2.18. The molecule has 1 unspecified atom stereocenters. The van der Waals surface area contributed by atoms with Crippen LogP contribution in [-0.2, 0) is 4.74 Å². The van der Waals surface area contributed by atoms with Crippen LogP contribution in [0.5, 0.6) is 0 Å². The molecule has 1 heterocycles. The molecule has 1 N–H and O–H groups in total. The quantitative estimate of drug-likeness (QED) is 0.660. The Labute approximate surface area is 112 Å². The lowest BCUT2D eigenvalue weighted by Gasteiger charge is -2.34. The van der Waals surface area contributed by atoms with Crippen LogP contribution in [0.4, 0.5) is 0 Å². The number of rotatable bonds is 8. The molecule has 4 heteroatoms. The summed E-state index contributed by atoms with van der Waals surface area (Å²) in [6, 6.07) is 0. The molecule has 18 heavy (non-hydrogen) atoms. The van der Waals surface area contributed by atoms with E-state index in [9.17, 15) is 5.11 Å². The third-order valence-electron chi connectivity index (χ3n) is 3.53. The lowest BCUT2D eigenvalue weighted by Crippen LogP contribution is -2.48. The van der Waals surface area contributed by atoms with Gasteiger partial charge in [-0.05, 0) is 18.9 Å². The SMILES string of the molecule is CCN1CCN(CC(O)COCCC(C)C)CC1. The lowest BCUT2D eigenvalue weighted by atomic mass is 10.1. The highest BCUT2D eigenvalue weighted by Gasteiger charge is 2.18. The first kappa shape index (κ1) is 15.9. The molecule has 0 spiro atoms. The Morgan fingerprint density at radius 1 is 1.11 bits per heavy atom. The molecule has 0 aromatic rings. The first-order valence-electron chi connectivity index (χ1n) is 7.32. The first-order valence-corrected chi connectivity index (χ1v) is 7.32. The van der Waals surface area contributed by atoms with Crippen LogP contribution in [0.25, 0.3) is 0 Å². The Hall–Kier alpha value is -0.160. The van der Waals surface area contributed by atoms with Crippen molar-refractivity contribution >= 4 is 0 Å². The summed E-state index contributed by atoms with van der Waals surface area (Å²) >= 11 is 0.